The van der Waals surface area contributed by atoms with Gasteiger partial charge in [0.05, 0.1) is 16.8 Å². The van der Waals surface area contributed by atoms with Crippen molar-refractivity contribution in [2.45, 2.75) is 13.3 Å². The minimum Gasteiger partial charge on any atom is -0.356 e. The number of anilines is 3. The molecule has 1 aromatic heterocycles. The van der Waals surface area contributed by atoms with Gasteiger partial charge in [-0.1, -0.05) is 67.6 Å². The second kappa shape index (κ2) is 9.59. The number of aryl methyl sites for hydroxylation is 1. The molecule has 0 radical (unpaired) electrons. The molecule has 4 aromatic carbocycles. The summed E-state index contributed by atoms with van der Waals surface area (Å²) in [6.07, 6.45) is 0.985. The van der Waals surface area contributed by atoms with Crippen molar-refractivity contribution in [1.82, 2.24) is 4.98 Å². The predicted molar refractivity (Wildman–Crippen MR) is 141 cm³/mol. The number of nitrogens with one attached hydrogen (secondary N) is 2. The van der Waals surface area contributed by atoms with Crippen molar-refractivity contribution in [2.75, 3.05) is 10.6 Å². The van der Waals surface area contributed by atoms with Crippen LogP contribution in [0.2, 0.25) is 0 Å². The molecule has 4 nitrogen and oxygen atoms in total. The van der Waals surface area contributed by atoms with E-state index in [4.69, 9.17) is 4.98 Å². The molecule has 0 bridgehead atoms. The third kappa shape index (κ3) is 4.66. The Bertz CT molecular complexity index is 1430. The van der Waals surface area contributed by atoms with Crippen LogP contribution < -0.4 is 10.6 Å². The van der Waals surface area contributed by atoms with E-state index in [2.05, 4.69) is 41.8 Å². The van der Waals surface area contributed by atoms with Crippen molar-refractivity contribution >= 4 is 33.9 Å². The van der Waals surface area contributed by atoms with Gasteiger partial charge in [-0.25, -0.2) is 4.98 Å². The lowest BCUT2D eigenvalue weighted by Gasteiger charge is -2.12. The highest BCUT2D eigenvalue weighted by molar-refractivity contribution is 6.13. The number of pyridine rings is 1. The van der Waals surface area contributed by atoms with Crippen molar-refractivity contribution in [1.29, 1.82) is 0 Å². The van der Waals surface area contributed by atoms with Crippen molar-refractivity contribution in [3.63, 3.8) is 0 Å². The molecule has 166 valence electrons. The van der Waals surface area contributed by atoms with Gasteiger partial charge in [0.25, 0.3) is 5.91 Å². The smallest absolute Gasteiger partial charge is 0.256 e. The quantitative estimate of drug-likeness (QED) is 0.286. The minimum atomic E-state index is -0.159. The third-order valence-electron chi connectivity index (χ3n) is 5.82. The van der Waals surface area contributed by atoms with Crippen molar-refractivity contribution in [3.8, 4) is 11.3 Å². The van der Waals surface area contributed by atoms with Gasteiger partial charge in [0.15, 0.2) is 0 Å². The Morgan fingerprint density at radius 2 is 1.38 bits per heavy atom. The zero-order valence-corrected chi connectivity index (χ0v) is 19.0. The lowest BCUT2D eigenvalue weighted by Crippen LogP contribution is -2.13. The van der Waals surface area contributed by atoms with Crippen LogP contribution in [-0.4, -0.2) is 10.9 Å². The SMILES string of the molecule is CCc1ccc(-c2cc(C(=O)Nc3ccc(Nc4ccccc4)cc3)c3ccccc3n2)cc1. The van der Waals surface area contributed by atoms with Crippen LogP contribution in [0, 0.1) is 0 Å². The first-order valence-corrected chi connectivity index (χ1v) is 11.4. The van der Waals surface area contributed by atoms with Crippen LogP contribution >= 0.6 is 0 Å². The van der Waals surface area contributed by atoms with Crippen LogP contribution in [0.4, 0.5) is 17.1 Å². The Morgan fingerprint density at radius 3 is 2.12 bits per heavy atom. The molecule has 5 rings (SSSR count). The molecule has 4 heteroatoms. The zero-order valence-electron chi connectivity index (χ0n) is 19.0. The van der Waals surface area contributed by atoms with Gasteiger partial charge in [0.1, 0.15) is 0 Å². The Labute approximate surface area is 199 Å². The maximum Gasteiger partial charge on any atom is 0.256 e. The highest BCUT2D eigenvalue weighted by Gasteiger charge is 2.14. The largest absolute Gasteiger partial charge is 0.356 e. The third-order valence-corrected chi connectivity index (χ3v) is 5.82. The topological polar surface area (TPSA) is 54.0 Å². The second-order valence-electron chi connectivity index (χ2n) is 8.15. The number of fused-ring (bicyclic) bond motifs is 1. The Balaban J connectivity index is 1.42. The van der Waals surface area contributed by atoms with Crippen LogP contribution in [-0.2, 0) is 6.42 Å². The summed E-state index contributed by atoms with van der Waals surface area (Å²) in [7, 11) is 0. The second-order valence-corrected chi connectivity index (χ2v) is 8.15. The lowest BCUT2D eigenvalue weighted by molar-refractivity contribution is 0.102. The maximum atomic E-state index is 13.3. The summed E-state index contributed by atoms with van der Waals surface area (Å²) in [5.74, 6) is -0.159. The van der Waals surface area contributed by atoms with Gasteiger partial charge in [0, 0.05) is 28.0 Å². The monoisotopic (exact) mass is 443 g/mol. The Morgan fingerprint density at radius 1 is 0.735 bits per heavy atom. The normalized spacial score (nSPS) is 10.7. The van der Waals surface area contributed by atoms with Crippen LogP contribution in [0.3, 0.4) is 0 Å². The molecule has 0 saturated carbocycles. The summed E-state index contributed by atoms with van der Waals surface area (Å²) < 4.78 is 0. The average Bonchev–Trinajstić information content (AvgIpc) is 2.90. The summed E-state index contributed by atoms with van der Waals surface area (Å²) in [4.78, 5) is 18.1. The van der Waals surface area contributed by atoms with Crippen molar-refractivity contribution in [3.05, 3.63) is 120 Å². The number of carbonyl (C=O) groups is 1. The molecule has 1 heterocycles. The van der Waals surface area contributed by atoms with Gasteiger partial charge in [-0.05, 0) is 60.5 Å². The van der Waals surface area contributed by atoms with E-state index in [0.717, 1.165) is 45.6 Å². The fraction of sp³-hybridized carbons (Fsp3) is 0.0667. The minimum absolute atomic E-state index is 0.159. The summed E-state index contributed by atoms with van der Waals surface area (Å²) in [5, 5.41) is 7.23. The van der Waals surface area contributed by atoms with E-state index in [-0.39, 0.29) is 5.91 Å². The first-order valence-electron chi connectivity index (χ1n) is 11.4. The van der Waals surface area contributed by atoms with Gasteiger partial charge < -0.3 is 10.6 Å². The number of hydrogen-bond donors (Lipinski definition) is 2. The molecule has 2 N–H and O–H groups in total. The number of benzene rings is 4. The highest BCUT2D eigenvalue weighted by Crippen LogP contribution is 2.26. The van der Waals surface area contributed by atoms with Gasteiger partial charge in [0.2, 0.25) is 0 Å². The van der Waals surface area contributed by atoms with Gasteiger partial charge in [-0.3, -0.25) is 4.79 Å². The summed E-state index contributed by atoms with van der Waals surface area (Å²) in [5.41, 5.74) is 7.16. The fourth-order valence-corrected chi connectivity index (χ4v) is 3.95. The maximum absolute atomic E-state index is 13.3. The fourth-order valence-electron chi connectivity index (χ4n) is 3.95. The molecule has 0 unspecified atom stereocenters. The lowest BCUT2D eigenvalue weighted by atomic mass is 10.0. The highest BCUT2D eigenvalue weighted by atomic mass is 16.1. The van der Waals surface area contributed by atoms with E-state index < -0.39 is 0 Å². The Hall–Kier alpha value is -4.44. The Kier molecular flexibility index (Phi) is 6.04. The molecule has 34 heavy (non-hydrogen) atoms. The van der Waals surface area contributed by atoms with E-state index in [1.807, 2.05) is 84.9 Å². The number of para-hydroxylation sites is 2. The van der Waals surface area contributed by atoms with Gasteiger partial charge in [-0.2, -0.15) is 0 Å². The molecule has 1 amide bonds. The predicted octanol–water partition coefficient (Wildman–Crippen LogP) is 7.46. The number of carbonyl (C=O) groups excluding carboxylic acids is 1. The van der Waals surface area contributed by atoms with Gasteiger partial charge >= 0.3 is 0 Å². The zero-order chi connectivity index (χ0) is 23.3. The molecular weight excluding hydrogens is 418 g/mol. The number of amides is 1. The molecule has 0 atom stereocenters. The molecule has 0 aliphatic carbocycles. The summed E-state index contributed by atoms with van der Waals surface area (Å²) in [6, 6.07) is 35.7. The van der Waals surface area contributed by atoms with Crippen molar-refractivity contribution in [2.24, 2.45) is 0 Å². The number of hydrogen-bond acceptors (Lipinski definition) is 3. The van der Waals surface area contributed by atoms with E-state index in [1.165, 1.54) is 5.56 Å². The molecule has 0 saturated heterocycles. The molecule has 0 aliphatic rings. The number of nitrogens with zero attached hydrogens (tertiary/aromatic N) is 1. The van der Waals surface area contributed by atoms with E-state index in [9.17, 15) is 4.79 Å². The van der Waals surface area contributed by atoms with Crippen LogP contribution in [0.15, 0.2) is 109 Å². The first kappa shape index (κ1) is 21.4. The first-order chi connectivity index (χ1) is 16.7. The molecule has 5 aromatic rings. The summed E-state index contributed by atoms with van der Waals surface area (Å²) >= 11 is 0. The molecule has 0 aliphatic heterocycles. The average molecular weight is 444 g/mol. The van der Waals surface area contributed by atoms with E-state index in [0.29, 0.717) is 5.56 Å². The van der Waals surface area contributed by atoms with Crippen molar-refractivity contribution < 1.29 is 4.79 Å². The van der Waals surface area contributed by atoms with Gasteiger partial charge in [-0.15, -0.1) is 0 Å². The summed E-state index contributed by atoms with van der Waals surface area (Å²) in [6.45, 7) is 2.13. The molecule has 0 spiro atoms. The van der Waals surface area contributed by atoms with Crippen LogP contribution in [0.25, 0.3) is 22.2 Å². The van der Waals surface area contributed by atoms with E-state index >= 15 is 0 Å². The number of aromatic nitrogens is 1. The standard InChI is InChI=1S/C30H25N3O/c1-2-21-12-14-22(15-13-21)29-20-27(26-10-6-7-11-28(26)33-29)30(34)32-25-18-16-24(17-19-25)31-23-8-4-3-5-9-23/h3-20,31H,2H2,1H3,(H,32,34). The van der Waals surface area contributed by atoms with E-state index in [1.54, 1.807) is 0 Å². The van der Waals surface area contributed by atoms with Crippen LogP contribution in [0.1, 0.15) is 22.8 Å². The number of rotatable bonds is 6. The van der Waals surface area contributed by atoms with Crippen LogP contribution in [0.5, 0.6) is 0 Å². The molecular formula is C30H25N3O. The molecule has 0 fully saturated rings.